The number of rotatable bonds is 4. The van der Waals surface area contributed by atoms with Gasteiger partial charge in [-0.1, -0.05) is 6.92 Å². The average Bonchev–Trinajstić information content (AvgIpc) is 2.64. The fourth-order valence-electron chi connectivity index (χ4n) is 1.77. The van der Waals surface area contributed by atoms with E-state index >= 15 is 0 Å². The van der Waals surface area contributed by atoms with Crippen molar-refractivity contribution in [3.63, 3.8) is 0 Å². The molecule has 0 unspecified atom stereocenters. The summed E-state index contributed by atoms with van der Waals surface area (Å²) in [6.45, 7) is 2.88. The van der Waals surface area contributed by atoms with Crippen LogP contribution in [0, 0.1) is 3.57 Å². The molecule has 0 fully saturated rings. The van der Waals surface area contributed by atoms with Crippen LogP contribution in [0.2, 0.25) is 0 Å². The number of hydrogen-bond acceptors (Lipinski definition) is 2. The Morgan fingerprint density at radius 1 is 1.33 bits per heavy atom. The van der Waals surface area contributed by atoms with Crippen LogP contribution >= 0.6 is 38.5 Å². The van der Waals surface area contributed by atoms with Crippen molar-refractivity contribution in [2.75, 3.05) is 5.32 Å². The summed E-state index contributed by atoms with van der Waals surface area (Å²) in [4.78, 5) is 0. The Kier molecular flexibility index (Phi) is 4.66. The molecule has 0 bridgehead atoms. The smallest absolute Gasteiger partial charge is 0.0767 e. The fourth-order valence-corrected chi connectivity index (χ4v) is 2.88. The van der Waals surface area contributed by atoms with E-state index < -0.39 is 0 Å². The number of halogens is 2. The maximum Gasteiger partial charge on any atom is 0.0767 e. The van der Waals surface area contributed by atoms with Crippen LogP contribution < -0.4 is 5.32 Å². The van der Waals surface area contributed by atoms with Crippen molar-refractivity contribution in [1.29, 1.82) is 0 Å². The Labute approximate surface area is 129 Å². The van der Waals surface area contributed by atoms with E-state index in [1.54, 1.807) is 0 Å². The number of aromatic nitrogens is 2. The molecule has 5 heteroatoms. The topological polar surface area (TPSA) is 29.9 Å². The van der Waals surface area contributed by atoms with Crippen LogP contribution in [0.5, 0.6) is 0 Å². The van der Waals surface area contributed by atoms with Crippen LogP contribution in [0.3, 0.4) is 0 Å². The van der Waals surface area contributed by atoms with Gasteiger partial charge in [-0.05, 0) is 69.2 Å². The fraction of sp³-hybridized carbons (Fsp3) is 0.308. The molecule has 0 saturated carbocycles. The Bertz CT molecular complexity index is 534. The highest BCUT2D eigenvalue weighted by Gasteiger charge is 2.11. The number of aryl methyl sites for hydroxylation is 2. The van der Waals surface area contributed by atoms with Crippen LogP contribution in [0.25, 0.3) is 0 Å². The molecule has 0 saturated heterocycles. The molecule has 1 aromatic carbocycles. The Morgan fingerprint density at radius 3 is 2.56 bits per heavy atom. The molecule has 1 heterocycles. The molecule has 0 atom stereocenters. The molecule has 0 aliphatic carbocycles. The van der Waals surface area contributed by atoms with Crippen molar-refractivity contribution in [2.45, 2.75) is 19.9 Å². The quantitative estimate of drug-likeness (QED) is 0.760. The Hall–Kier alpha value is -0.560. The largest absolute Gasteiger partial charge is 0.379 e. The van der Waals surface area contributed by atoms with Crippen molar-refractivity contribution >= 4 is 44.2 Å². The molecule has 0 spiro atoms. The van der Waals surface area contributed by atoms with Gasteiger partial charge in [0.15, 0.2) is 0 Å². The lowest BCUT2D eigenvalue weighted by atomic mass is 10.3. The lowest BCUT2D eigenvalue weighted by Gasteiger charge is -2.07. The Morgan fingerprint density at radius 2 is 2.00 bits per heavy atom. The summed E-state index contributed by atoms with van der Waals surface area (Å²) in [5.41, 5.74) is 3.41. The maximum atomic E-state index is 4.48. The first-order valence-corrected chi connectivity index (χ1v) is 7.68. The highest BCUT2D eigenvalue weighted by atomic mass is 127. The van der Waals surface area contributed by atoms with E-state index in [2.05, 4.69) is 80.1 Å². The lowest BCUT2D eigenvalue weighted by molar-refractivity contribution is 0.706. The Balaban J connectivity index is 2.10. The normalized spacial score (nSPS) is 10.7. The van der Waals surface area contributed by atoms with E-state index in [4.69, 9.17) is 0 Å². The molecule has 2 aromatic rings. The van der Waals surface area contributed by atoms with E-state index in [9.17, 15) is 0 Å². The SMILES string of the molecule is CCc1nn(C)c(CNc2ccc(I)cc2)c1Br. The van der Waals surface area contributed by atoms with Gasteiger partial charge < -0.3 is 5.32 Å². The summed E-state index contributed by atoms with van der Waals surface area (Å²) >= 11 is 5.93. The van der Waals surface area contributed by atoms with Crippen LogP contribution in [-0.2, 0) is 20.0 Å². The second-order valence-electron chi connectivity index (χ2n) is 4.04. The minimum absolute atomic E-state index is 0.769. The third kappa shape index (κ3) is 3.06. The van der Waals surface area contributed by atoms with Crippen LogP contribution in [0.15, 0.2) is 28.7 Å². The second kappa shape index (κ2) is 6.06. The van der Waals surface area contributed by atoms with Gasteiger partial charge in [0.25, 0.3) is 0 Å². The molecule has 18 heavy (non-hydrogen) atoms. The summed E-state index contributed by atoms with van der Waals surface area (Å²) < 4.78 is 4.29. The monoisotopic (exact) mass is 419 g/mol. The van der Waals surface area contributed by atoms with E-state index in [-0.39, 0.29) is 0 Å². The predicted molar refractivity (Wildman–Crippen MR) is 86.8 cm³/mol. The third-order valence-electron chi connectivity index (χ3n) is 2.81. The third-order valence-corrected chi connectivity index (χ3v) is 4.44. The van der Waals surface area contributed by atoms with E-state index in [1.807, 2.05) is 11.7 Å². The zero-order valence-corrected chi connectivity index (χ0v) is 14.1. The molecule has 1 aromatic heterocycles. The summed E-state index contributed by atoms with van der Waals surface area (Å²) in [6.07, 6.45) is 0.942. The van der Waals surface area contributed by atoms with Gasteiger partial charge in [-0.15, -0.1) is 0 Å². The van der Waals surface area contributed by atoms with Gasteiger partial charge >= 0.3 is 0 Å². The van der Waals surface area contributed by atoms with Gasteiger partial charge in [-0.3, -0.25) is 4.68 Å². The molecule has 0 aliphatic heterocycles. The maximum absolute atomic E-state index is 4.48. The number of nitrogens with one attached hydrogen (secondary N) is 1. The zero-order valence-electron chi connectivity index (χ0n) is 10.4. The molecule has 3 nitrogen and oxygen atoms in total. The van der Waals surface area contributed by atoms with Gasteiger partial charge in [-0.25, -0.2) is 0 Å². The molecule has 0 aliphatic rings. The molecular formula is C13H15BrIN3. The standard InChI is InChI=1S/C13H15BrIN3/c1-3-11-13(14)12(18(2)17-11)8-16-10-6-4-9(15)5-7-10/h4-7,16H,3,8H2,1-2H3. The van der Waals surface area contributed by atoms with E-state index in [1.165, 1.54) is 9.26 Å². The van der Waals surface area contributed by atoms with Gasteiger partial charge in [0.05, 0.1) is 22.4 Å². The van der Waals surface area contributed by atoms with Crippen molar-refractivity contribution in [3.05, 3.63) is 43.7 Å². The van der Waals surface area contributed by atoms with Crippen molar-refractivity contribution in [2.24, 2.45) is 7.05 Å². The zero-order chi connectivity index (χ0) is 13.1. The first-order valence-electron chi connectivity index (χ1n) is 5.81. The number of benzene rings is 1. The summed E-state index contributed by atoms with van der Waals surface area (Å²) in [6, 6.07) is 8.37. The number of hydrogen-bond donors (Lipinski definition) is 1. The van der Waals surface area contributed by atoms with E-state index in [0.29, 0.717) is 0 Å². The average molecular weight is 420 g/mol. The number of nitrogens with zero attached hydrogens (tertiary/aromatic N) is 2. The van der Waals surface area contributed by atoms with Crippen LogP contribution in [-0.4, -0.2) is 9.78 Å². The van der Waals surface area contributed by atoms with Gasteiger partial charge in [0, 0.05) is 16.3 Å². The first-order chi connectivity index (χ1) is 8.61. The highest BCUT2D eigenvalue weighted by Crippen LogP contribution is 2.22. The van der Waals surface area contributed by atoms with Crippen molar-refractivity contribution in [1.82, 2.24) is 9.78 Å². The lowest BCUT2D eigenvalue weighted by Crippen LogP contribution is -2.05. The summed E-state index contributed by atoms with van der Waals surface area (Å²) in [5.74, 6) is 0. The molecule has 0 amide bonds. The minimum atomic E-state index is 0.769. The number of anilines is 1. The summed E-state index contributed by atoms with van der Waals surface area (Å²) in [5, 5.41) is 7.90. The molecule has 96 valence electrons. The van der Waals surface area contributed by atoms with Gasteiger partial charge in [-0.2, -0.15) is 5.10 Å². The minimum Gasteiger partial charge on any atom is -0.379 e. The summed E-state index contributed by atoms with van der Waals surface area (Å²) in [7, 11) is 1.98. The van der Waals surface area contributed by atoms with Gasteiger partial charge in [0.2, 0.25) is 0 Å². The molecular weight excluding hydrogens is 405 g/mol. The highest BCUT2D eigenvalue weighted by molar-refractivity contribution is 14.1. The van der Waals surface area contributed by atoms with Crippen molar-refractivity contribution in [3.8, 4) is 0 Å². The second-order valence-corrected chi connectivity index (χ2v) is 6.08. The van der Waals surface area contributed by atoms with Gasteiger partial charge in [0.1, 0.15) is 0 Å². The van der Waals surface area contributed by atoms with Crippen LogP contribution in [0.1, 0.15) is 18.3 Å². The van der Waals surface area contributed by atoms with Crippen LogP contribution in [0.4, 0.5) is 5.69 Å². The molecule has 2 rings (SSSR count). The predicted octanol–water partition coefficient (Wildman–Crippen LogP) is 3.96. The molecule has 0 radical (unpaired) electrons. The first kappa shape index (κ1) is 13.9. The van der Waals surface area contributed by atoms with Crippen molar-refractivity contribution < 1.29 is 0 Å². The molecule has 1 N–H and O–H groups in total. The van der Waals surface area contributed by atoms with E-state index in [0.717, 1.165) is 28.8 Å².